The van der Waals surface area contributed by atoms with Gasteiger partial charge in [0, 0.05) is 6.42 Å². The van der Waals surface area contributed by atoms with Crippen molar-refractivity contribution in [2.75, 3.05) is 6.61 Å². The van der Waals surface area contributed by atoms with Gasteiger partial charge >= 0.3 is 11.9 Å². The normalized spacial score (nSPS) is 15.5. The number of ether oxygens (including phenoxy) is 1. The molecular formula is C25H39NO5. The molecule has 0 fully saturated rings. The number of esters is 1. The predicted molar refractivity (Wildman–Crippen MR) is 124 cm³/mol. The number of amides is 1. The molecule has 0 radical (unpaired) electrons. The Labute approximate surface area is 186 Å². The van der Waals surface area contributed by atoms with Gasteiger partial charge in [-0.05, 0) is 69.4 Å². The summed E-state index contributed by atoms with van der Waals surface area (Å²) < 4.78 is 5.05. The molecule has 0 heterocycles. The lowest BCUT2D eigenvalue weighted by Crippen LogP contribution is -2.14. The van der Waals surface area contributed by atoms with E-state index in [2.05, 4.69) is 36.1 Å². The maximum absolute atomic E-state index is 11.6. The van der Waals surface area contributed by atoms with Crippen molar-refractivity contribution < 1.29 is 24.2 Å². The summed E-state index contributed by atoms with van der Waals surface area (Å²) in [6, 6.07) is 0. The van der Waals surface area contributed by atoms with Crippen LogP contribution in [0.25, 0.3) is 0 Å². The maximum Gasteiger partial charge on any atom is 0.308 e. The van der Waals surface area contributed by atoms with Crippen LogP contribution in [0, 0.1) is 5.92 Å². The lowest BCUT2D eigenvalue weighted by atomic mass is 9.87. The van der Waals surface area contributed by atoms with E-state index < -0.39 is 5.97 Å². The van der Waals surface area contributed by atoms with Crippen molar-refractivity contribution in [3.8, 4) is 0 Å². The smallest absolute Gasteiger partial charge is 0.308 e. The minimum absolute atomic E-state index is 0.0226. The molecule has 174 valence electrons. The van der Waals surface area contributed by atoms with E-state index in [1.165, 1.54) is 42.4 Å². The second kappa shape index (κ2) is 18.2. The number of carboxylic acid groups (broad SMARTS) is 1. The van der Waals surface area contributed by atoms with Gasteiger partial charge in [0.05, 0.1) is 12.5 Å². The number of aliphatic carboxylic acids is 1. The molecule has 0 aromatic carbocycles. The highest BCUT2D eigenvalue weighted by atomic mass is 16.5. The molecule has 0 aromatic heterocycles. The Bertz CT molecular complexity index is 673. The minimum atomic E-state index is -0.711. The van der Waals surface area contributed by atoms with Crippen LogP contribution in [0.5, 0.6) is 0 Å². The summed E-state index contributed by atoms with van der Waals surface area (Å²) in [4.78, 5) is 29.8. The molecule has 0 saturated heterocycles. The fourth-order valence-electron chi connectivity index (χ4n) is 3.28. The second-order valence-electron chi connectivity index (χ2n) is 7.50. The quantitative estimate of drug-likeness (QED) is 0.381. The fraction of sp³-hybridized carbons (Fsp3) is 0.560. The molecule has 3 N–H and O–H groups in total. The summed E-state index contributed by atoms with van der Waals surface area (Å²) in [6.45, 7) is 6.15. The number of carboxylic acids is 1. The molecule has 0 aliphatic heterocycles. The molecule has 0 saturated carbocycles. The van der Waals surface area contributed by atoms with Gasteiger partial charge in [0.15, 0.2) is 0 Å². The molecule has 1 atom stereocenters. The summed E-state index contributed by atoms with van der Waals surface area (Å²) in [5, 5.41) is 7.91. The zero-order valence-corrected chi connectivity index (χ0v) is 19.3. The molecule has 31 heavy (non-hydrogen) atoms. The summed E-state index contributed by atoms with van der Waals surface area (Å²) in [5.41, 5.74) is 8.70. The van der Waals surface area contributed by atoms with Crippen LogP contribution in [0.15, 0.2) is 47.1 Å². The van der Waals surface area contributed by atoms with Gasteiger partial charge < -0.3 is 15.6 Å². The van der Waals surface area contributed by atoms with Crippen LogP contribution in [0.4, 0.5) is 0 Å². The van der Waals surface area contributed by atoms with Gasteiger partial charge in [0.1, 0.15) is 0 Å². The third kappa shape index (κ3) is 14.1. The van der Waals surface area contributed by atoms with Gasteiger partial charge in [-0.3, -0.25) is 14.4 Å². The first kappa shape index (κ1) is 28.4. The molecule has 0 bridgehead atoms. The highest BCUT2D eigenvalue weighted by Gasteiger charge is 2.15. The Hall–Kier alpha value is -2.63. The van der Waals surface area contributed by atoms with E-state index in [1.807, 2.05) is 20.8 Å². The molecule has 2 aliphatic carbocycles. The van der Waals surface area contributed by atoms with Gasteiger partial charge in [-0.25, -0.2) is 0 Å². The van der Waals surface area contributed by atoms with Crippen LogP contribution in [-0.2, 0) is 19.1 Å². The van der Waals surface area contributed by atoms with Crippen LogP contribution in [0.1, 0.15) is 78.6 Å². The average Bonchev–Trinajstić information content (AvgIpc) is 2.76. The molecule has 2 aliphatic rings. The van der Waals surface area contributed by atoms with Gasteiger partial charge in [0.25, 0.3) is 0 Å². The van der Waals surface area contributed by atoms with Gasteiger partial charge in [0.2, 0.25) is 6.41 Å². The van der Waals surface area contributed by atoms with Gasteiger partial charge in [-0.15, -0.1) is 0 Å². The lowest BCUT2D eigenvalue weighted by Gasteiger charge is -2.18. The molecular weight excluding hydrogens is 394 g/mol. The number of carbonyl (C=O) groups is 3. The van der Waals surface area contributed by atoms with Gasteiger partial charge in [-0.1, -0.05) is 49.8 Å². The number of carbonyl (C=O) groups excluding carboxylic acids is 2. The third-order valence-electron chi connectivity index (χ3n) is 4.95. The van der Waals surface area contributed by atoms with Crippen molar-refractivity contribution in [3.05, 3.63) is 47.1 Å². The lowest BCUT2D eigenvalue weighted by molar-refractivity contribution is -0.147. The summed E-state index contributed by atoms with van der Waals surface area (Å²) in [5.74, 6) is -0.744. The number of hydrogen-bond donors (Lipinski definition) is 2. The van der Waals surface area contributed by atoms with Crippen molar-refractivity contribution >= 4 is 18.3 Å². The topological polar surface area (TPSA) is 107 Å². The molecule has 6 nitrogen and oxygen atoms in total. The van der Waals surface area contributed by atoms with E-state index in [0.29, 0.717) is 13.0 Å². The van der Waals surface area contributed by atoms with Crippen molar-refractivity contribution in [1.82, 2.24) is 0 Å². The predicted octanol–water partition coefficient (Wildman–Crippen LogP) is 5.25. The van der Waals surface area contributed by atoms with Crippen LogP contribution < -0.4 is 5.73 Å². The minimum Gasteiger partial charge on any atom is -0.481 e. The molecule has 1 amide bonds. The van der Waals surface area contributed by atoms with Crippen LogP contribution >= 0.6 is 0 Å². The number of primary amides is 1. The number of hydrogen-bond acceptors (Lipinski definition) is 4. The molecule has 1 unspecified atom stereocenters. The summed E-state index contributed by atoms with van der Waals surface area (Å²) >= 11 is 0. The standard InChI is InChI=1S/C20H28O2.C4H8O2.CH3NO/c1-3-22-20(21)16(2)8-7-9-17-12-14-19(15-13-17)18-10-5-4-6-11-18;1-2-3-4(5)6;2-1-3/h4-5,10,12,14,16H,3,6-9,11,13,15H2,1-2H3;2-3H2,1H3,(H,5,6);1H,(H2,2,3). The van der Waals surface area contributed by atoms with E-state index in [-0.39, 0.29) is 18.3 Å². The molecule has 6 heteroatoms. The van der Waals surface area contributed by atoms with Crippen molar-refractivity contribution in [2.24, 2.45) is 11.7 Å². The summed E-state index contributed by atoms with van der Waals surface area (Å²) in [7, 11) is 0. The van der Waals surface area contributed by atoms with E-state index in [0.717, 1.165) is 25.7 Å². The highest BCUT2D eigenvalue weighted by molar-refractivity contribution is 5.71. The van der Waals surface area contributed by atoms with Crippen LogP contribution in [-0.4, -0.2) is 30.1 Å². The van der Waals surface area contributed by atoms with E-state index in [9.17, 15) is 9.59 Å². The molecule has 2 rings (SSSR count). The van der Waals surface area contributed by atoms with Gasteiger partial charge in [-0.2, -0.15) is 0 Å². The first-order chi connectivity index (χ1) is 14.9. The Kier molecular flexibility index (Phi) is 16.6. The Morgan fingerprint density at radius 1 is 1.16 bits per heavy atom. The molecule has 0 spiro atoms. The monoisotopic (exact) mass is 433 g/mol. The summed E-state index contributed by atoms with van der Waals surface area (Å²) in [6.07, 6.45) is 20.3. The third-order valence-corrected chi connectivity index (χ3v) is 4.95. The number of nitrogens with two attached hydrogens (primary N) is 1. The Balaban J connectivity index is 0.000000848. The zero-order valence-electron chi connectivity index (χ0n) is 19.3. The van der Waals surface area contributed by atoms with Crippen molar-refractivity contribution in [2.45, 2.75) is 78.6 Å². The average molecular weight is 434 g/mol. The largest absolute Gasteiger partial charge is 0.481 e. The van der Waals surface area contributed by atoms with Crippen molar-refractivity contribution in [1.29, 1.82) is 0 Å². The van der Waals surface area contributed by atoms with Crippen molar-refractivity contribution in [3.63, 3.8) is 0 Å². The second-order valence-corrected chi connectivity index (χ2v) is 7.50. The number of allylic oxidation sites excluding steroid dienone is 8. The first-order valence-corrected chi connectivity index (χ1v) is 11.2. The molecule has 0 aromatic rings. The van der Waals surface area contributed by atoms with Crippen LogP contribution in [0.3, 0.4) is 0 Å². The number of rotatable bonds is 9. The van der Waals surface area contributed by atoms with E-state index >= 15 is 0 Å². The maximum atomic E-state index is 11.6. The first-order valence-electron chi connectivity index (χ1n) is 11.2. The van der Waals surface area contributed by atoms with E-state index in [4.69, 9.17) is 14.6 Å². The Morgan fingerprint density at radius 3 is 2.29 bits per heavy atom. The highest BCUT2D eigenvalue weighted by Crippen LogP contribution is 2.30. The Morgan fingerprint density at radius 2 is 1.84 bits per heavy atom. The fourth-order valence-corrected chi connectivity index (χ4v) is 3.28. The van der Waals surface area contributed by atoms with Crippen LogP contribution in [0.2, 0.25) is 0 Å². The zero-order chi connectivity index (χ0) is 23.5. The van der Waals surface area contributed by atoms with E-state index in [1.54, 1.807) is 0 Å². The SMILES string of the molecule is CCCC(=O)O.CCOC(=O)C(C)CCCC1=CC=C(C2=CC=CCC2)CC1.NC=O.